The third kappa shape index (κ3) is 16.6. The van der Waals surface area contributed by atoms with Crippen molar-refractivity contribution in [1.29, 1.82) is 0 Å². The number of aliphatic hydroxyl groups excluding tert-OH is 1. The number of hydrogen-bond acceptors (Lipinski definition) is 7. The zero-order chi connectivity index (χ0) is 18.1. The molecule has 0 aromatic heterocycles. The van der Waals surface area contributed by atoms with Crippen molar-refractivity contribution in [1.82, 2.24) is 0 Å². The second-order valence-corrected chi connectivity index (χ2v) is 3.93. The average Bonchev–Trinajstić information content (AvgIpc) is 2.25. The summed E-state index contributed by atoms with van der Waals surface area (Å²) in [7, 11) is 0. The van der Waals surface area contributed by atoms with E-state index in [2.05, 4.69) is 0 Å². The van der Waals surface area contributed by atoms with Gasteiger partial charge in [0.05, 0.1) is 19.3 Å². The van der Waals surface area contributed by atoms with E-state index in [1.54, 1.807) is 0 Å². The van der Waals surface area contributed by atoms with E-state index in [1.807, 2.05) is 0 Å². The third-order valence-electron chi connectivity index (χ3n) is 1.94. The van der Waals surface area contributed by atoms with E-state index >= 15 is 0 Å². The van der Waals surface area contributed by atoms with Crippen LogP contribution in [-0.2, 0) is 24.0 Å². The van der Waals surface area contributed by atoms with Crippen LogP contribution in [0.1, 0.15) is 19.3 Å². The molecule has 0 saturated heterocycles. The summed E-state index contributed by atoms with van der Waals surface area (Å²) in [4.78, 5) is 49.9. The van der Waals surface area contributed by atoms with Crippen LogP contribution in [0, 0.1) is 0 Å². The third-order valence-corrected chi connectivity index (χ3v) is 1.94. The van der Waals surface area contributed by atoms with Gasteiger partial charge in [0.15, 0.2) is 11.7 Å². The van der Waals surface area contributed by atoms with E-state index < -0.39 is 60.8 Å². The molecule has 0 heterocycles. The van der Waals surface area contributed by atoms with Crippen molar-refractivity contribution in [3.63, 3.8) is 0 Å². The summed E-state index contributed by atoms with van der Waals surface area (Å²) in [5.74, 6) is -7.86. The van der Waals surface area contributed by atoms with Gasteiger partial charge in [-0.1, -0.05) is 0 Å². The molecule has 0 spiro atoms. The van der Waals surface area contributed by atoms with Crippen molar-refractivity contribution in [2.24, 2.45) is 0 Å². The largest absolute Gasteiger partial charge is 0.481 e. The Morgan fingerprint density at radius 2 is 1.08 bits per heavy atom. The van der Waals surface area contributed by atoms with E-state index in [-0.39, 0.29) is 75.5 Å². The van der Waals surface area contributed by atoms with Crippen molar-refractivity contribution >= 4 is 105 Å². The summed E-state index contributed by atoms with van der Waals surface area (Å²) >= 11 is 0. The molecule has 12 nitrogen and oxygen atoms in total. The molecule has 0 aromatic rings. The smallest absolute Gasteiger partial charge is 0.336 e. The number of hydrogen-bond donors (Lipinski definition) is 7. The van der Waals surface area contributed by atoms with E-state index in [9.17, 15) is 24.0 Å². The summed E-state index contributed by atoms with van der Waals surface area (Å²) < 4.78 is 0. The molecule has 7 N–H and O–H groups in total. The van der Waals surface area contributed by atoms with Gasteiger partial charge in [0.2, 0.25) is 0 Å². The van der Waals surface area contributed by atoms with Crippen LogP contribution in [0.3, 0.4) is 0 Å². The van der Waals surface area contributed by atoms with Gasteiger partial charge < -0.3 is 35.7 Å². The number of carboxylic acid groups (broad SMARTS) is 5. The first-order chi connectivity index (χ1) is 9.81. The molecule has 24 heavy (non-hydrogen) atoms. The molecule has 0 bridgehead atoms. The fourth-order valence-electron chi connectivity index (χ4n) is 0.967. The minimum absolute atomic E-state index is 0. The summed E-state index contributed by atoms with van der Waals surface area (Å²) in [6, 6.07) is 0. The Labute approximate surface area is 194 Å². The van der Waals surface area contributed by atoms with Crippen LogP contribution in [0.2, 0.25) is 0 Å². The molecule has 0 aromatic carbocycles. The quantitative estimate of drug-likeness (QED) is 0.199. The van der Waals surface area contributed by atoms with Crippen molar-refractivity contribution in [3.8, 4) is 0 Å². The normalized spacial score (nSPS) is 10.6. The maximum atomic E-state index is 10.3. The van der Waals surface area contributed by atoms with Gasteiger partial charge in [-0.25, -0.2) is 9.59 Å². The summed E-state index contributed by atoms with van der Waals surface area (Å²) in [5.41, 5.74) is -2.74. The molecule has 0 aliphatic rings. The zero-order valence-electron chi connectivity index (χ0n) is 12.3. The summed E-state index contributed by atoms with van der Waals surface area (Å²) in [6.45, 7) is 0. The molecular weight excluding hydrogens is 392 g/mol. The second-order valence-electron chi connectivity index (χ2n) is 3.93. The molecule has 0 fully saturated rings. The molecule has 14 heteroatoms. The van der Waals surface area contributed by atoms with E-state index in [4.69, 9.17) is 35.7 Å². The Morgan fingerprint density at radius 1 is 0.750 bits per heavy atom. The molecular formula is C10H14Ca2O12. The van der Waals surface area contributed by atoms with Gasteiger partial charge in [0.1, 0.15) is 0 Å². The predicted octanol–water partition coefficient (Wildman–Crippen LogP) is -3.10. The Hall–Kier alpha value is -0.211. The number of rotatable bonds is 8. The first-order valence-corrected chi connectivity index (χ1v) is 5.34. The average molecular weight is 406 g/mol. The van der Waals surface area contributed by atoms with E-state index in [0.29, 0.717) is 0 Å². The van der Waals surface area contributed by atoms with Crippen LogP contribution in [0.5, 0.6) is 0 Å². The number of carboxylic acids is 5. The monoisotopic (exact) mass is 406 g/mol. The van der Waals surface area contributed by atoms with Crippen LogP contribution in [0.25, 0.3) is 0 Å². The van der Waals surface area contributed by atoms with Crippen molar-refractivity contribution in [2.75, 3.05) is 0 Å². The number of carbonyl (C=O) groups is 5. The summed E-state index contributed by atoms with van der Waals surface area (Å²) in [6.07, 6.45) is -4.83. The van der Waals surface area contributed by atoms with Crippen molar-refractivity contribution in [3.05, 3.63) is 0 Å². The van der Waals surface area contributed by atoms with Crippen LogP contribution < -0.4 is 0 Å². The SMILES string of the molecule is O=C(O)CC(O)(CC(=O)O)C(=O)O.O=C(O)CC(O)C(=O)O.[Ca].[Ca]. The van der Waals surface area contributed by atoms with Crippen molar-refractivity contribution in [2.45, 2.75) is 31.0 Å². The van der Waals surface area contributed by atoms with Crippen LogP contribution in [0.15, 0.2) is 0 Å². The Bertz CT molecular complexity index is 447. The van der Waals surface area contributed by atoms with Gasteiger partial charge in [0, 0.05) is 75.5 Å². The predicted molar refractivity (Wildman–Crippen MR) is 74.5 cm³/mol. The van der Waals surface area contributed by atoms with Crippen LogP contribution in [-0.4, -0.2) is 153 Å². The van der Waals surface area contributed by atoms with E-state index in [1.165, 1.54) is 0 Å². The van der Waals surface area contributed by atoms with Gasteiger partial charge in [-0.3, -0.25) is 14.4 Å². The molecule has 0 saturated carbocycles. The molecule has 130 valence electrons. The minimum atomic E-state index is -2.74. The molecule has 0 aliphatic carbocycles. The van der Waals surface area contributed by atoms with Gasteiger partial charge in [-0.15, -0.1) is 0 Å². The Balaban J connectivity index is -0.000000162. The maximum absolute atomic E-state index is 10.3. The molecule has 0 rings (SSSR count). The first kappa shape index (κ1) is 31.5. The molecule has 4 radical (unpaired) electrons. The molecule has 0 aliphatic heterocycles. The van der Waals surface area contributed by atoms with Gasteiger partial charge in [0.25, 0.3) is 0 Å². The zero-order valence-corrected chi connectivity index (χ0v) is 16.7. The Morgan fingerprint density at radius 3 is 1.21 bits per heavy atom. The molecule has 1 unspecified atom stereocenters. The van der Waals surface area contributed by atoms with E-state index in [0.717, 1.165) is 0 Å². The van der Waals surface area contributed by atoms with Gasteiger partial charge >= 0.3 is 29.8 Å². The molecule has 0 amide bonds. The van der Waals surface area contributed by atoms with Gasteiger partial charge in [-0.05, 0) is 0 Å². The first-order valence-electron chi connectivity index (χ1n) is 5.34. The topological polar surface area (TPSA) is 227 Å². The second kappa shape index (κ2) is 15.1. The number of aliphatic carboxylic acids is 5. The number of aliphatic hydroxyl groups is 2. The van der Waals surface area contributed by atoms with Crippen molar-refractivity contribution < 1.29 is 59.7 Å². The van der Waals surface area contributed by atoms with Crippen LogP contribution in [0.4, 0.5) is 0 Å². The summed E-state index contributed by atoms with van der Waals surface area (Å²) in [5, 5.41) is 58.0. The Kier molecular flexibility index (Phi) is 19.8. The van der Waals surface area contributed by atoms with Crippen LogP contribution >= 0.6 is 0 Å². The fourth-order valence-corrected chi connectivity index (χ4v) is 0.967. The molecule has 1 atom stereocenters. The fraction of sp³-hybridized carbons (Fsp3) is 0.500. The van der Waals surface area contributed by atoms with Gasteiger partial charge in [-0.2, -0.15) is 0 Å². The maximum Gasteiger partial charge on any atom is 0.336 e. The minimum Gasteiger partial charge on any atom is -0.481 e. The standard InChI is InChI=1S/C6H8O7.C4H6O5.2Ca/c7-3(8)1-6(13,5(11)12)2-4(9)10;5-2(4(8)9)1-3(6)7;;/h13H,1-2H2,(H,7,8)(H,9,10)(H,11,12);2,5H,1H2,(H,6,7)(H,8,9);;.